The van der Waals surface area contributed by atoms with E-state index in [2.05, 4.69) is 6.92 Å². The second kappa shape index (κ2) is 17.0. The molecule has 2 nitrogen and oxygen atoms in total. The quantitative estimate of drug-likeness (QED) is 0.288. The molecule has 0 heterocycles. The maximum Gasteiger partial charge on any atom is 0.161 e. The van der Waals surface area contributed by atoms with Gasteiger partial charge in [-0.2, -0.15) is 0 Å². The van der Waals surface area contributed by atoms with Gasteiger partial charge in [0, 0.05) is 13.5 Å². The Kier molecular flexibility index (Phi) is 16.7. The smallest absolute Gasteiger partial charge is 0.161 e. The SMILES string of the molecule is CCCCCCCCCCCCCCCC(=O)C(CC)OC. The van der Waals surface area contributed by atoms with Gasteiger partial charge < -0.3 is 4.74 Å². The lowest BCUT2D eigenvalue weighted by Crippen LogP contribution is -2.21. The number of carbonyl (C=O) groups excluding carboxylic acids is 1. The van der Waals surface area contributed by atoms with Crippen molar-refractivity contribution in [1.29, 1.82) is 0 Å². The molecule has 132 valence electrons. The summed E-state index contributed by atoms with van der Waals surface area (Å²) < 4.78 is 5.18. The molecular formula is C20H40O2. The van der Waals surface area contributed by atoms with E-state index in [0.29, 0.717) is 6.42 Å². The van der Waals surface area contributed by atoms with Crippen molar-refractivity contribution in [3.63, 3.8) is 0 Å². The maximum absolute atomic E-state index is 11.8. The monoisotopic (exact) mass is 312 g/mol. The Morgan fingerprint density at radius 3 is 1.50 bits per heavy atom. The molecule has 1 atom stereocenters. The van der Waals surface area contributed by atoms with Crippen LogP contribution >= 0.6 is 0 Å². The zero-order valence-corrected chi connectivity index (χ0v) is 15.5. The van der Waals surface area contributed by atoms with Gasteiger partial charge in [-0.1, -0.05) is 90.9 Å². The highest BCUT2D eigenvalue weighted by Crippen LogP contribution is 2.13. The number of rotatable bonds is 17. The highest BCUT2D eigenvalue weighted by molar-refractivity contribution is 5.82. The molecule has 0 aromatic rings. The highest BCUT2D eigenvalue weighted by atomic mass is 16.5. The zero-order chi connectivity index (χ0) is 16.5. The normalized spacial score (nSPS) is 12.5. The van der Waals surface area contributed by atoms with E-state index in [1.807, 2.05) is 6.92 Å². The van der Waals surface area contributed by atoms with Crippen molar-refractivity contribution >= 4 is 5.78 Å². The molecule has 0 aromatic carbocycles. The minimum Gasteiger partial charge on any atom is -0.374 e. The molecule has 0 aliphatic rings. The summed E-state index contributed by atoms with van der Waals surface area (Å²) in [5.41, 5.74) is 0. The van der Waals surface area contributed by atoms with Crippen LogP contribution in [0.4, 0.5) is 0 Å². The van der Waals surface area contributed by atoms with Crippen molar-refractivity contribution in [2.45, 2.75) is 116 Å². The van der Waals surface area contributed by atoms with Crippen molar-refractivity contribution in [2.75, 3.05) is 7.11 Å². The molecule has 1 unspecified atom stereocenters. The first-order valence-corrected chi connectivity index (χ1v) is 9.81. The molecule has 0 amide bonds. The van der Waals surface area contributed by atoms with Gasteiger partial charge in [0.15, 0.2) is 5.78 Å². The molecule has 0 aliphatic heterocycles. The zero-order valence-electron chi connectivity index (χ0n) is 15.5. The van der Waals surface area contributed by atoms with Crippen LogP contribution in [0.2, 0.25) is 0 Å². The summed E-state index contributed by atoms with van der Waals surface area (Å²) in [5.74, 6) is 0.285. The van der Waals surface area contributed by atoms with Crippen molar-refractivity contribution in [3.8, 4) is 0 Å². The van der Waals surface area contributed by atoms with E-state index in [1.54, 1.807) is 7.11 Å². The van der Waals surface area contributed by atoms with Gasteiger partial charge >= 0.3 is 0 Å². The Hall–Kier alpha value is -0.370. The lowest BCUT2D eigenvalue weighted by Gasteiger charge is -2.11. The van der Waals surface area contributed by atoms with Crippen LogP contribution in [0.25, 0.3) is 0 Å². The Morgan fingerprint density at radius 1 is 0.727 bits per heavy atom. The standard InChI is InChI=1S/C20H40O2/c1-4-6-7-8-9-10-11-12-13-14-15-16-17-18-19(21)20(5-2)22-3/h20H,4-18H2,1-3H3. The highest BCUT2D eigenvalue weighted by Gasteiger charge is 2.13. The molecule has 0 rings (SSSR count). The lowest BCUT2D eigenvalue weighted by atomic mass is 10.0. The number of methoxy groups -OCH3 is 1. The minimum atomic E-state index is -0.169. The first kappa shape index (κ1) is 21.6. The van der Waals surface area contributed by atoms with Crippen LogP contribution in [-0.2, 0) is 9.53 Å². The molecule has 22 heavy (non-hydrogen) atoms. The Labute approximate surface area is 139 Å². The molecule has 0 N–H and O–H groups in total. The summed E-state index contributed by atoms with van der Waals surface area (Å²) in [6.07, 6.45) is 18.8. The van der Waals surface area contributed by atoms with E-state index >= 15 is 0 Å². The van der Waals surface area contributed by atoms with Crippen LogP contribution in [0.1, 0.15) is 110 Å². The fraction of sp³-hybridized carbons (Fsp3) is 0.950. The second-order valence-electron chi connectivity index (χ2n) is 6.59. The van der Waals surface area contributed by atoms with E-state index in [1.165, 1.54) is 77.0 Å². The van der Waals surface area contributed by atoms with Crippen molar-refractivity contribution in [2.24, 2.45) is 0 Å². The molecule has 0 aromatic heterocycles. The molecule has 0 aliphatic carbocycles. The summed E-state index contributed by atoms with van der Waals surface area (Å²) >= 11 is 0. The van der Waals surface area contributed by atoms with E-state index in [4.69, 9.17) is 4.74 Å². The third-order valence-corrected chi connectivity index (χ3v) is 4.54. The van der Waals surface area contributed by atoms with E-state index in [9.17, 15) is 4.79 Å². The van der Waals surface area contributed by atoms with Crippen LogP contribution in [-0.4, -0.2) is 19.0 Å². The predicted octanol–water partition coefficient (Wildman–Crippen LogP) is 6.46. The van der Waals surface area contributed by atoms with Gasteiger partial charge in [0.25, 0.3) is 0 Å². The minimum absolute atomic E-state index is 0.169. The lowest BCUT2D eigenvalue weighted by molar-refractivity contribution is -0.129. The third kappa shape index (κ3) is 13.3. The molecule has 0 saturated carbocycles. The molecule has 0 spiro atoms. The van der Waals surface area contributed by atoms with Crippen LogP contribution in [0.5, 0.6) is 0 Å². The summed E-state index contributed by atoms with van der Waals surface area (Å²) in [5, 5.41) is 0. The summed E-state index contributed by atoms with van der Waals surface area (Å²) in [6, 6.07) is 0. The van der Waals surface area contributed by atoms with Crippen LogP contribution < -0.4 is 0 Å². The molecule has 2 heteroatoms. The number of hydrogen-bond donors (Lipinski definition) is 0. The fourth-order valence-electron chi connectivity index (χ4n) is 3.00. The number of hydrogen-bond acceptors (Lipinski definition) is 2. The van der Waals surface area contributed by atoms with Gasteiger partial charge in [0.05, 0.1) is 0 Å². The van der Waals surface area contributed by atoms with Gasteiger partial charge in [-0.05, 0) is 12.8 Å². The Morgan fingerprint density at radius 2 is 1.14 bits per heavy atom. The molecule has 0 radical (unpaired) electrons. The Bertz CT molecular complexity index is 234. The number of Topliss-reactive ketones (excluding diaryl/α,β-unsaturated/α-hetero) is 1. The van der Waals surface area contributed by atoms with E-state index < -0.39 is 0 Å². The average molecular weight is 313 g/mol. The van der Waals surface area contributed by atoms with Gasteiger partial charge in [-0.3, -0.25) is 4.79 Å². The van der Waals surface area contributed by atoms with Gasteiger partial charge in [0.2, 0.25) is 0 Å². The number of ketones is 1. The van der Waals surface area contributed by atoms with Gasteiger partial charge in [-0.25, -0.2) is 0 Å². The molecule has 0 saturated heterocycles. The van der Waals surface area contributed by atoms with Crippen LogP contribution in [0.15, 0.2) is 0 Å². The van der Waals surface area contributed by atoms with Crippen LogP contribution in [0.3, 0.4) is 0 Å². The van der Waals surface area contributed by atoms with Gasteiger partial charge in [-0.15, -0.1) is 0 Å². The van der Waals surface area contributed by atoms with Gasteiger partial charge in [0.1, 0.15) is 6.10 Å². The second-order valence-corrected chi connectivity index (χ2v) is 6.59. The van der Waals surface area contributed by atoms with Crippen molar-refractivity contribution < 1.29 is 9.53 Å². The first-order valence-electron chi connectivity index (χ1n) is 9.81. The molecule has 0 bridgehead atoms. The van der Waals surface area contributed by atoms with Crippen LogP contribution in [0, 0.1) is 0 Å². The topological polar surface area (TPSA) is 26.3 Å². The number of carbonyl (C=O) groups is 1. The Balaban J connectivity index is 3.19. The van der Waals surface area contributed by atoms with E-state index in [0.717, 1.165) is 12.8 Å². The fourth-order valence-corrected chi connectivity index (χ4v) is 3.00. The van der Waals surface area contributed by atoms with Crippen molar-refractivity contribution in [1.82, 2.24) is 0 Å². The average Bonchev–Trinajstić information content (AvgIpc) is 2.53. The first-order chi connectivity index (χ1) is 10.8. The summed E-state index contributed by atoms with van der Waals surface area (Å²) in [6.45, 7) is 4.28. The van der Waals surface area contributed by atoms with Crippen molar-refractivity contribution in [3.05, 3.63) is 0 Å². The summed E-state index contributed by atoms with van der Waals surface area (Å²) in [4.78, 5) is 11.8. The molecular weight excluding hydrogens is 272 g/mol. The number of unbranched alkanes of at least 4 members (excludes halogenated alkanes) is 12. The maximum atomic E-state index is 11.8. The summed E-state index contributed by atoms with van der Waals surface area (Å²) in [7, 11) is 1.63. The number of ether oxygens (including phenoxy) is 1. The third-order valence-electron chi connectivity index (χ3n) is 4.54. The molecule has 0 fully saturated rings. The van der Waals surface area contributed by atoms with E-state index in [-0.39, 0.29) is 11.9 Å². The predicted molar refractivity (Wildman–Crippen MR) is 96.4 cm³/mol. The largest absolute Gasteiger partial charge is 0.374 e.